The number of carboxylic acid groups (broad SMARTS) is 1. The SMILES string of the molecule is C[C@]1(C(=O)[O-])CC[C@H](N=[N+]=N)C[C@H]1NC(=O)OCc1ccccc1. The van der Waals surface area contributed by atoms with Crippen molar-refractivity contribution in [3.63, 3.8) is 0 Å². The lowest BCUT2D eigenvalue weighted by Crippen LogP contribution is -2.58. The predicted molar refractivity (Wildman–Crippen MR) is 81.6 cm³/mol. The van der Waals surface area contributed by atoms with Gasteiger partial charge in [-0.05, 0) is 24.8 Å². The van der Waals surface area contributed by atoms with Gasteiger partial charge < -0.3 is 20.0 Å². The fraction of sp³-hybridized carbons (Fsp3) is 0.500. The van der Waals surface area contributed by atoms with Crippen LogP contribution in [0.1, 0.15) is 31.7 Å². The van der Waals surface area contributed by atoms with Gasteiger partial charge in [-0.2, -0.15) is 0 Å². The van der Waals surface area contributed by atoms with Crippen molar-refractivity contribution in [2.45, 2.75) is 44.9 Å². The number of carbonyl (C=O) groups excluding carboxylic acids is 2. The molecule has 0 saturated heterocycles. The Kier molecular flexibility index (Phi) is 5.65. The minimum absolute atomic E-state index is 0.0945. The predicted octanol–water partition coefficient (Wildman–Crippen LogP) is 1.14. The van der Waals surface area contributed by atoms with Crippen molar-refractivity contribution in [1.29, 1.82) is 5.53 Å². The molecule has 0 spiro atoms. The lowest BCUT2D eigenvalue weighted by molar-refractivity contribution is -0.321. The van der Waals surface area contributed by atoms with E-state index in [1.807, 2.05) is 30.3 Å². The van der Waals surface area contributed by atoms with E-state index in [9.17, 15) is 14.7 Å². The Morgan fingerprint density at radius 2 is 2.17 bits per heavy atom. The fourth-order valence-corrected chi connectivity index (χ4v) is 2.85. The lowest BCUT2D eigenvalue weighted by atomic mass is 9.70. The normalized spacial score (nSPS) is 26.0. The van der Waals surface area contributed by atoms with E-state index < -0.39 is 23.5 Å². The molecular weight excluding hydrogens is 312 g/mol. The first-order valence-corrected chi connectivity index (χ1v) is 7.71. The second-order valence-corrected chi connectivity index (χ2v) is 6.11. The van der Waals surface area contributed by atoms with E-state index in [1.165, 1.54) is 0 Å². The molecule has 0 aliphatic heterocycles. The van der Waals surface area contributed by atoms with Gasteiger partial charge in [0.1, 0.15) is 23.3 Å². The van der Waals surface area contributed by atoms with Crippen molar-refractivity contribution < 1.29 is 19.4 Å². The molecule has 1 aliphatic rings. The summed E-state index contributed by atoms with van der Waals surface area (Å²) in [5.74, 6) is -1.22. The fourth-order valence-electron chi connectivity index (χ4n) is 2.85. The van der Waals surface area contributed by atoms with Crippen molar-refractivity contribution in [1.82, 2.24) is 10.2 Å². The van der Waals surface area contributed by atoms with E-state index in [-0.39, 0.29) is 25.5 Å². The number of nitrogens with zero attached hydrogens (tertiary/aromatic N) is 2. The molecule has 24 heavy (non-hydrogen) atoms. The molecular formula is C16H20N4O4. The van der Waals surface area contributed by atoms with E-state index in [0.29, 0.717) is 6.42 Å². The molecule has 128 valence electrons. The third kappa shape index (κ3) is 4.17. The molecule has 0 radical (unpaired) electrons. The number of carbonyl (C=O) groups is 2. The van der Waals surface area contributed by atoms with E-state index in [2.05, 4.69) is 15.3 Å². The van der Waals surface area contributed by atoms with Crippen LogP contribution >= 0.6 is 0 Å². The number of alkyl carbamates (subject to hydrolysis) is 1. The van der Waals surface area contributed by atoms with Gasteiger partial charge in [0.25, 0.3) is 0 Å². The van der Waals surface area contributed by atoms with Crippen molar-refractivity contribution in [3.05, 3.63) is 35.9 Å². The number of benzene rings is 1. The van der Waals surface area contributed by atoms with Crippen LogP contribution in [0.4, 0.5) is 4.79 Å². The molecule has 0 aromatic heterocycles. The molecule has 1 aromatic carbocycles. The number of ether oxygens (including phenoxy) is 1. The molecule has 1 aliphatic carbocycles. The highest BCUT2D eigenvalue weighted by molar-refractivity contribution is 5.75. The minimum Gasteiger partial charge on any atom is -0.549 e. The van der Waals surface area contributed by atoms with E-state index in [1.54, 1.807) is 6.92 Å². The maximum atomic E-state index is 12.0. The Morgan fingerprint density at radius 1 is 1.46 bits per heavy atom. The molecule has 3 atom stereocenters. The van der Waals surface area contributed by atoms with Crippen molar-refractivity contribution in [3.8, 4) is 0 Å². The summed E-state index contributed by atoms with van der Waals surface area (Å²) < 4.78 is 5.14. The molecule has 0 heterocycles. The zero-order chi connectivity index (χ0) is 17.6. The largest absolute Gasteiger partial charge is 0.549 e. The summed E-state index contributed by atoms with van der Waals surface area (Å²) in [5.41, 5.74) is 6.43. The summed E-state index contributed by atoms with van der Waals surface area (Å²) in [6.45, 7) is 1.63. The van der Waals surface area contributed by atoms with Gasteiger partial charge in [0.15, 0.2) is 0 Å². The third-order valence-electron chi connectivity index (χ3n) is 4.47. The molecule has 0 unspecified atom stereocenters. The van der Waals surface area contributed by atoms with Crippen LogP contribution in [0.15, 0.2) is 35.4 Å². The van der Waals surface area contributed by atoms with Gasteiger partial charge in [-0.1, -0.05) is 37.3 Å². The molecule has 1 aromatic rings. The number of carboxylic acids is 1. The zero-order valence-electron chi connectivity index (χ0n) is 13.4. The van der Waals surface area contributed by atoms with E-state index >= 15 is 0 Å². The number of amides is 1. The van der Waals surface area contributed by atoms with Gasteiger partial charge in [-0.25, -0.2) is 4.79 Å². The maximum absolute atomic E-state index is 12.0. The first kappa shape index (κ1) is 17.6. The number of nitrogens with one attached hydrogen (secondary N) is 2. The molecule has 0 bridgehead atoms. The molecule has 8 heteroatoms. The summed E-state index contributed by atoms with van der Waals surface area (Å²) in [5, 5.41) is 17.9. The molecule has 8 nitrogen and oxygen atoms in total. The highest BCUT2D eigenvalue weighted by Gasteiger charge is 2.43. The first-order chi connectivity index (χ1) is 11.5. The van der Waals surface area contributed by atoms with Crippen molar-refractivity contribution in [2.24, 2.45) is 10.5 Å². The standard InChI is InChI=1S/C16H20N4O4/c1-16(14(21)22)8-7-12(19-20-17)9-13(16)18-15(23)24-10-11-5-3-2-4-6-11/h2-6,12-13,17H,7-10H2,1H3,(H-,18,21,22,23)/t12-,13+,16-/m0/s1. The van der Waals surface area contributed by atoms with Gasteiger partial charge in [0.05, 0.1) is 0 Å². The topological polar surface area (TPSA) is 129 Å². The minimum atomic E-state index is -1.22. The van der Waals surface area contributed by atoms with Gasteiger partial charge in [0.2, 0.25) is 4.91 Å². The van der Waals surface area contributed by atoms with Crippen LogP contribution in [0.2, 0.25) is 0 Å². The van der Waals surface area contributed by atoms with Crippen LogP contribution < -0.4 is 15.3 Å². The number of aliphatic carboxylic acids is 1. The Labute approximate surface area is 139 Å². The molecule has 2 N–H and O–H groups in total. The van der Waals surface area contributed by atoms with Crippen LogP contribution in [0.25, 0.3) is 0 Å². The highest BCUT2D eigenvalue weighted by atomic mass is 16.5. The second kappa shape index (κ2) is 7.70. The summed E-state index contributed by atoms with van der Waals surface area (Å²) in [4.78, 5) is 26.5. The van der Waals surface area contributed by atoms with Gasteiger partial charge in [-0.15, -0.1) is 0 Å². The second-order valence-electron chi connectivity index (χ2n) is 6.11. The Hall–Kier alpha value is -2.73. The van der Waals surface area contributed by atoms with Gasteiger partial charge in [-0.3, -0.25) is 0 Å². The highest BCUT2D eigenvalue weighted by Crippen LogP contribution is 2.37. The monoisotopic (exact) mass is 332 g/mol. The molecule has 1 saturated carbocycles. The van der Waals surface area contributed by atoms with Crippen LogP contribution in [0.3, 0.4) is 0 Å². The summed E-state index contributed by atoms with van der Waals surface area (Å²) in [6, 6.07) is 8.18. The van der Waals surface area contributed by atoms with Crippen LogP contribution in [-0.2, 0) is 16.1 Å². The zero-order valence-corrected chi connectivity index (χ0v) is 13.4. The Bertz CT molecular complexity index is 645. The third-order valence-corrected chi connectivity index (χ3v) is 4.47. The summed E-state index contributed by atoms with van der Waals surface area (Å²) in [6.07, 6.45) is 0.333. The smallest absolute Gasteiger partial charge is 0.407 e. The number of hydrogen-bond acceptors (Lipinski definition) is 6. The number of rotatable bonds is 5. The van der Waals surface area contributed by atoms with E-state index in [0.717, 1.165) is 5.56 Å². The van der Waals surface area contributed by atoms with Crippen LogP contribution in [0.5, 0.6) is 0 Å². The average molecular weight is 332 g/mol. The first-order valence-electron chi connectivity index (χ1n) is 7.71. The average Bonchev–Trinajstić information content (AvgIpc) is 2.57. The van der Waals surface area contributed by atoms with Crippen molar-refractivity contribution >= 4 is 12.1 Å². The Morgan fingerprint density at radius 3 is 2.79 bits per heavy atom. The maximum Gasteiger partial charge on any atom is 0.407 e. The summed E-state index contributed by atoms with van der Waals surface area (Å²) >= 11 is 0. The van der Waals surface area contributed by atoms with Crippen LogP contribution in [-0.4, -0.2) is 24.1 Å². The quantitative estimate of drug-likeness (QED) is 0.618. The van der Waals surface area contributed by atoms with Crippen LogP contribution in [0, 0.1) is 10.9 Å². The summed E-state index contributed by atoms with van der Waals surface area (Å²) in [7, 11) is 0. The van der Waals surface area contributed by atoms with E-state index in [4.69, 9.17) is 10.3 Å². The molecule has 2 rings (SSSR count). The molecule has 1 fully saturated rings. The number of hydrogen-bond donors (Lipinski definition) is 2. The van der Waals surface area contributed by atoms with Gasteiger partial charge in [0, 0.05) is 17.4 Å². The Balaban J connectivity index is 2.00. The molecule has 1 amide bonds. The van der Waals surface area contributed by atoms with Gasteiger partial charge >= 0.3 is 6.09 Å². The van der Waals surface area contributed by atoms with Crippen molar-refractivity contribution in [2.75, 3.05) is 0 Å². The lowest BCUT2D eigenvalue weighted by Gasteiger charge is -2.42.